The summed E-state index contributed by atoms with van der Waals surface area (Å²) in [7, 11) is 3.43. The third-order valence-corrected chi connectivity index (χ3v) is 2.55. The van der Waals surface area contributed by atoms with Gasteiger partial charge in [0.1, 0.15) is 0 Å². The van der Waals surface area contributed by atoms with E-state index in [0.29, 0.717) is 17.8 Å². The summed E-state index contributed by atoms with van der Waals surface area (Å²) in [5, 5.41) is 12.3. The van der Waals surface area contributed by atoms with Gasteiger partial charge in [-0.2, -0.15) is 0 Å². The van der Waals surface area contributed by atoms with E-state index >= 15 is 0 Å². The molecule has 0 aliphatic carbocycles. The first-order valence-corrected chi connectivity index (χ1v) is 5.80. The number of nitrogens with one attached hydrogen (secondary N) is 1. The van der Waals surface area contributed by atoms with Crippen LogP contribution in [0.25, 0.3) is 0 Å². The summed E-state index contributed by atoms with van der Waals surface area (Å²) in [4.78, 5) is 13.3. The van der Waals surface area contributed by atoms with E-state index in [2.05, 4.69) is 5.32 Å². The highest BCUT2D eigenvalue weighted by Gasteiger charge is 2.17. The maximum Gasteiger partial charge on any atom is 0.251 e. The summed E-state index contributed by atoms with van der Waals surface area (Å²) in [5.41, 5.74) is 6.96. The molecule has 0 aliphatic rings. The van der Waals surface area contributed by atoms with Gasteiger partial charge in [-0.3, -0.25) is 4.79 Å². The van der Waals surface area contributed by atoms with Crippen molar-refractivity contribution in [3.05, 3.63) is 23.8 Å². The average molecular weight is 251 g/mol. The number of carbonyl (C=O) groups excluding carboxylic acids is 1. The average Bonchev–Trinajstić information content (AvgIpc) is 2.25. The number of rotatable bonds is 4. The Balaban J connectivity index is 2.95. The fraction of sp³-hybridized carbons (Fsp3) is 0.462. The predicted octanol–water partition coefficient (Wildman–Crippen LogP) is 0.836. The van der Waals surface area contributed by atoms with E-state index in [9.17, 15) is 9.90 Å². The number of anilines is 2. The zero-order chi connectivity index (χ0) is 13.9. The number of hydrogen-bond donors (Lipinski definition) is 3. The summed E-state index contributed by atoms with van der Waals surface area (Å²) >= 11 is 0. The second-order valence-electron chi connectivity index (χ2n) is 5.02. The monoisotopic (exact) mass is 251 g/mol. The van der Waals surface area contributed by atoms with Crippen LogP contribution in [0.15, 0.2) is 18.2 Å². The van der Waals surface area contributed by atoms with Crippen molar-refractivity contribution in [1.82, 2.24) is 5.32 Å². The maximum atomic E-state index is 11.5. The third-order valence-electron chi connectivity index (χ3n) is 2.55. The SMILES string of the molecule is CNC(=O)c1ccc(N(C)CC(C)(C)O)c(N)c1. The van der Waals surface area contributed by atoms with Gasteiger partial charge in [-0.25, -0.2) is 0 Å². The van der Waals surface area contributed by atoms with E-state index in [1.807, 2.05) is 11.9 Å². The van der Waals surface area contributed by atoms with E-state index in [1.165, 1.54) is 0 Å². The number of nitrogens with zero attached hydrogens (tertiary/aromatic N) is 1. The van der Waals surface area contributed by atoms with Gasteiger partial charge in [-0.1, -0.05) is 0 Å². The van der Waals surface area contributed by atoms with Gasteiger partial charge in [0.05, 0.1) is 17.0 Å². The van der Waals surface area contributed by atoms with Gasteiger partial charge in [-0.05, 0) is 32.0 Å². The smallest absolute Gasteiger partial charge is 0.251 e. The quantitative estimate of drug-likeness (QED) is 0.693. The van der Waals surface area contributed by atoms with Crippen molar-refractivity contribution in [1.29, 1.82) is 0 Å². The molecule has 0 saturated carbocycles. The minimum atomic E-state index is -0.805. The standard InChI is InChI=1S/C13H21N3O2/c1-13(2,18)8-16(4)11-6-5-9(7-10(11)14)12(17)15-3/h5-7,18H,8,14H2,1-4H3,(H,15,17). The van der Waals surface area contributed by atoms with Crippen molar-refractivity contribution in [2.24, 2.45) is 0 Å². The number of carbonyl (C=O) groups is 1. The topological polar surface area (TPSA) is 78.6 Å². The van der Waals surface area contributed by atoms with Crippen molar-refractivity contribution in [2.45, 2.75) is 19.4 Å². The van der Waals surface area contributed by atoms with Crippen LogP contribution in [0, 0.1) is 0 Å². The molecule has 0 aromatic heterocycles. The number of aliphatic hydroxyl groups is 1. The normalized spacial score (nSPS) is 11.2. The molecule has 1 rings (SSSR count). The van der Waals surface area contributed by atoms with Crippen LogP contribution in [-0.2, 0) is 0 Å². The van der Waals surface area contributed by atoms with Gasteiger partial charge in [0, 0.05) is 26.2 Å². The molecule has 100 valence electrons. The second kappa shape index (κ2) is 5.27. The van der Waals surface area contributed by atoms with E-state index in [0.717, 1.165) is 5.69 Å². The molecule has 5 heteroatoms. The zero-order valence-corrected chi connectivity index (χ0v) is 11.3. The van der Waals surface area contributed by atoms with Crippen molar-refractivity contribution in [3.63, 3.8) is 0 Å². The maximum absolute atomic E-state index is 11.5. The third kappa shape index (κ3) is 3.63. The van der Waals surface area contributed by atoms with Gasteiger partial charge in [0.25, 0.3) is 5.91 Å². The number of likely N-dealkylation sites (N-methyl/N-ethyl adjacent to an activating group) is 1. The van der Waals surface area contributed by atoms with E-state index in [1.54, 1.807) is 39.1 Å². The van der Waals surface area contributed by atoms with Crippen LogP contribution < -0.4 is 16.0 Å². The van der Waals surface area contributed by atoms with Crippen LogP contribution in [0.4, 0.5) is 11.4 Å². The van der Waals surface area contributed by atoms with Crippen molar-refractivity contribution < 1.29 is 9.90 Å². The molecule has 1 amide bonds. The molecule has 0 fully saturated rings. The molecule has 0 atom stereocenters. The Labute approximate surface area is 108 Å². The first kappa shape index (κ1) is 14.3. The molecule has 1 aromatic carbocycles. The summed E-state index contributed by atoms with van der Waals surface area (Å²) in [6.45, 7) is 3.92. The zero-order valence-electron chi connectivity index (χ0n) is 11.3. The molecule has 0 aliphatic heterocycles. The summed E-state index contributed by atoms with van der Waals surface area (Å²) in [6.07, 6.45) is 0. The highest BCUT2D eigenvalue weighted by molar-refractivity contribution is 5.96. The molecule has 0 radical (unpaired) electrons. The molecule has 4 N–H and O–H groups in total. The molecule has 0 heterocycles. The van der Waals surface area contributed by atoms with Crippen LogP contribution in [0.1, 0.15) is 24.2 Å². The highest BCUT2D eigenvalue weighted by Crippen LogP contribution is 2.24. The number of hydrogen-bond acceptors (Lipinski definition) is 4. The first-order valence-electron chi connectivity index (χ1n) is 5.80. The Kier molecular flexibility index (Phi) is 4.19. The molecular weight excluding hydrogens is 230 g/mol. The number of benzene rings is 1. The molecule has 18 heavy (non-hydrogen) atoms. The van der Waals surface area contributed by atoms with Crippen LogP contribution in [0.3, 0.4) is 0 Å². The predicted molar refractivity (Wildman–Crippen MR) is 73.8 cm³/mol. The van der Waals surface area contributed by atoms with Crippen LogP contribution in [-0.4, -0.2) is 37.3 Å². The van der Waals surface area contributed by atoms with Crippen molar-refractivity contribution in [2.75, 3.05) is 31.3 Å². The molecule has 0 saturated heterocycles. The van der Waals surface area contributed by atoms with E-state index < -0.39 is 5.60 Å². The van der Waals surface area contributed by atoms with E-state index in [-0.39, 0.29) is 5.91 Å². The van der Waals surface area contributed by atoms with Gasteiger partial charge in [0.15, 0.2) is 0 Å². The van der Waals surface area contributed by atoms with Crippen LogP contribution in [0.2, 0.25) is 0 Å². The summed E-state index contributed by atoms with van der Waals surface area (Å²) in [5.74, 6) is -0.168. The second-order valence-corrected chi connectivity index (χ2v) is 5.02. The minimum Gasteiger partial charge on any atom is -0.397 e. The number of nitrogen functional groups attached to an aromatic ring is 1. The van der Waals surface area contributed by atoms with Crippen molar-refractivity contribution >= 4 is 17.3 Å². The number of amides is 1. The summed E-state index contributed by atoms with van der Waals surface area (Å²) in [6, 6.07) is 5.13. The Morgan fingerprint density at radius 3 is 2.56 bits per heavy atom. The van der Waals surface area contributed by atoms with Crippen LogP contribution >= 0.6 is 0 Å². The Morgan fingerprint density at radius 1 is 1.50 bits per heavy atom. The largest absolute Gasteiger partial charge is 0.397 e. The van der Waals surface area contributed by atoms with Gasteiger partial charge < -0.3 is 21.1 Å². The molecular formula is C13H21N3O2. The minimum absolute atomic E-state index is 0.168. The lowest BCUT2D eigenvalue weighted by atomic mass is 10.1. The Bertz CT molecular complexity index is 438. The van der Waals surface area contributed by atoms with Gasteiger partial charge >= 0.3 is 0 Å². The molecule has 0 bridgehead atoms. The summed E-state index contributed by atoms with van der Waals surface area (Å²) < 4.78 is 0. The van der Waals surface area contributed by atoms with Crippen LogP contribution in [0.5, 0.6) is 0 Å². The lowest BCUT2D eigenvalue weighted by Crippen LogP contribution is -2.36. The first-order chi connectivity index (χ1) is 8.24. The molecule has 0 unspecified atom stereocenters. The number of nitrogens with two attached hydrogens (primary N) is 1. The molecule has 1 aromatic rings. The Hall–Kier alpha value is -1.75. The Morgan fingerprint density at radius 2 is 2.11 bits per heavy atom. The van der Waals surface area contributed by atoms with Gasteiger partial charge in [-0.15, -0.1) is 0 Å². The highest BCUT2D eigenvalue weighted by atomic mass is 16.3. The van der Waals surface area contributed by atoms with Gasteiger partial charge in [0.2, 0.25) is 0 Å². The fourth-order valence-corrected chi connectivity index (χ4v) is 1.85. The molecule has 5 nitrogen and oxygen atoms in total. The fourth-order valence-electron chi connectivity index (χ4n) is 1.85. The van der Waals surface area contributed by atoms with E-state index in [4.69, 9.17) is 5.73 Å². The molecule has 0 spiro atoms. The lowest BCUT2D eigenvalue weighted by molar-refractivity contribution is 0.0885. The van der Waals surface area contributed by atoms with Crippen molar-refractivity contribution in [3.8, 4) is 0 Å². The lowest BCUT2D eigenvalue weighted by Gasteiger charge is -2.28.